The largest absolute Gasteiger partial charge is 0.858 e. The van der Waals surface area contributed by atoms with Crippen LogP contribution in [0.25, 0.3) is 21.5 Å². The fourth-order valence-corrected chi connectivity index (χ4v) is 4.61. The number of rotatable bonds is 5. The van der Waals surface area contributed by atoms with Gasteiger partial charge in [0, 0.05) is 12.0 Å². The predicted molar refractivity (Wildman–Crippen MR) is 123 cm³/mol. The zero-order chi connectivity index (χ0) is 24.7. The normalized spacial score (nSPS) is 11.6. The number of aliphatic imine (C=N–C) groups is 1. The number of pyridine rings is 1. The fraction of sp³-hybridized carbons (Fsp3) is 0.150. The Labute approximate surface area is 200 Å². The number of nitriles is 1. The van der Waals surface area contributed by atoms with Gasteiger partial charge in [-0.05, 0) is 11.3 Å². The maximum atomic E-state index is 13.1. The summed E-state index contributed by atoms with van der Waals surface area (Å²) < 4.78 is 16.5. The van der Waals surface area contributed by atoms with Gasteiger partial charge in [-0.25, -0.2) is 9.78 Å². The molecule has 3 heterocycles. The molecule has 0 atom stereocenters. The number of nitrogens with zero attached hydrogens (tertiary/aromatic N) is 4. The number of ether oxygens (including phenoxy) is 2. The first-order chi connectivity index (χ1) is 16.2. The van der Waals surface area contributed by atoms with E-state index in [2.05, 4.69) is 15.2 Å². The molecule has 0 spiro atoms. The summed E-state index contributed by atoms with van der Waals surface area (Å²) in [6.07, 6.45) is 0. The Morgan fingerprint density at radius 2 is 2.06 bits per heavy atom. The summed E-state index contributed by atoms with van der Waals surface area (Å²) in [7, 11) is 4.36. The lowest BCUT2D eigenvalue weighted by Crippen LogP contribution is -2.34. The van der Waals surface area contributed by atoms with E-state index in [1.54, 1.807) is 0 Å². The van der Waals surface area contributed by atoms with Gasteiger partial charge in [0.15, 0.2) is 7.05 Å². The van der Waals surface area contributed by atoms with E-state index in [9.17, 15) is 15.2 Å². The summed E-state index contributed by atoms with van der Waals surface area (Å²) in [6.45, 7) is 0. The van der Waals surface area contributed by atoms with Gasteiger partial charge >= 0.3 is 11.3 Å². The molecule has 0 aliphatic carbocycles. The molecule has 0 aliphatic heterocycles. The molecule has 14 heteroatoms. The van der Waals surface area contributed by atoms with Crippen LogP contribution in [0.1, 0.15) is 10.4 Å². The minimum atomic E-state index is -0.758. The SMILES string of the molecule is COc1cc(OC)c(N=C([O-])c2sc3nc(N)c(C#N)c(-c4c(=O)o[nH][n+]4C)c3c2N)cc1Cl. The van der Waals surface area contributed by atoms with Gasteiger partial charge in [0.1, 0.15) is 39.5 Å². The van der Waals surface area contributed by atoms with Gasteiger partial charge in [0.2, 0.25) is 0 Å². The molecule has 0 fully saturated rings. The minimum absolute atomic E-state index is 0.0142. The molecular weight excluding hydrogens is 486 g/mol. The smallest absolute Gasteiger partial charge is 0.435 e. The van der Waals surface area contributed by atoms with Crippen LogP contribution in [-0.4, -0.2) is 30.4 Å². The number of thiophene rings is 1. The molecule has 3 aromatic heterocycles. The van der Waals surface area contributed by atoms with Gasteiger partial charge < -0.3 is 26.0 Å². The first-order valence-electron chi connectivity index (χ1n) is 9.38. The zero-order valence-electron chi connectivity index (χ0n) is 17.9. The van der Waals surface area contributed by atoms with Gasteiger partial charge in [-0.2, -0.15) is 5.26 Å². The average molecular weight is 502 g/mol. The summed E-state index contributed by atoms with van der Waals surface area (Å²) in [4.78, 5) is 20.9. The number of H-pyrrole nitrogens is 1. The fourth-order valence-electron chi connectivity index (χ4n) is 3.38. The van der Waals surface area contributed by atoms with Crippen molar-refractivity contribution in [2.45, 2.75) is 0 Å². The number of halogens is 1. The molecule has 174 valence electrons. The molecule has 4 aromatic rings. The lowest BCUT2D eigenvalue weighted by Gasteiger charge is -2.13. The Balaban J connectivity index is 1.99. The van der Waals surface area contributed by atoms with Crippen LogP contribution in [0.3, 0.4) is 0 Å². The highest BCUT2D eigenvalue weighted by Crippen LogP contribution is 2.42. The second-order valence-electron chi connectivity index (χ2n) is 6.85. The number of methoxy groups -OCH3 is 2. The molecule has 5 N–H and O–H groups in total. The number of aryl methyl sites for hydroxylation is 1. The van der Waals surface area contributed by atoms with E-state index >= 15 is 0 Å². The topological polar surface area (TPSA) is 192 Å². The van der Waals surface area contributed by atoms with E-state index in [-0.39, 0.29) is 59.9 Å². The number of hydrogen-bond acceptors (Lipinski definition) is 11. The summed E-state index contributed by atoms with van der Waals surface area (Å²) in [6, 6.07) is 4.85. The van der Waals surface area contributed by atoms with E-state index in [1.807, 2.05) is 6.07 Å². The third-order valence-corrected chi connectivity index (χ3v) is 6.31. The van der Waals surface area contributed by atoms with Crippen molar-refractivity contribution in [3.63, 3.8) is 0 Å². The Hall–Kier alpha value is -4.28. The van der Waals surface area contributed by atoms with Crippen LogP contribution >= 0.6 is 22.9 Å². The number of aromatic amines is 1. The highest BCUT2D eigenvalue weighted by atomic mass is 35.5. The number of nitrogens with two attached hydrogens (primary N) is 2. The van der Waals surface area contributed by atoms with Crippen LogP contribution in [0.4, 0.5) is 17.2 Å². The van der Waals surface area contributed by atoms with Gasteiger partial charge in [0.05, 0.1) is 40.8 Å². The molecule has 4 rings (SSSR count). The van der Waals surface area contributed by atoms with Gasteiger partial charge in [-0.1, -0.05) is 16.3 Å². The van der Waals surface area contributed by atoms with Crippen molar-refractivity contribution < 1.29 is 23.8 Å². The van der Waals surface area contributed by atoms with Crippen molar-refractivity contribution in [3.8, 4) is 28.8 Å². The summed E-state index contributed by atoms with van der Waals surface area (Å²) >= 11 is 7.08. The van der Waals surface area contributed by atoms with E-state index in [1.165, 1.54) is 38.1 Å². The first-order valence-corrected chi connectivity index (χ1v) is 10.6. The number of hydrogen-bond donors (Lipinski definition) is 3. The maximum Gasteiger partial charge on any atom is 0.435 e. The second kappa shape index (κ2) is 8.58. The number of nitrogen functional groups attached to an aromatic ring is 2. The van der Waals surface area contributed by atoms with Crippen LogP contribution in [0, 0.1) is 11.3 Å². The van der Waals surface area contributed by atoms with Gasteiger partial charge in [0.25, 0.3) is 0 Å². The number of anilines is 2. The van der Waals surface area contributed by atoms with Crippen molar-refractivity contribution >= 4 is 56.2 Å². The maximum absolute atomic E-state index is 13.1. The third kappa shape index (κ3) is 3.54. The van der Waals surface area contributed by atoms with Crippen LogP contribution in [-0.2, 0) is 7.05 Å². The number of aromatic nitrogens is 3. The van der Waals surface area contributed by atoms with E-state index in [4.69, 9.17) is 37.1 Å². The molecule has 0 amide bonds. The second-order valence-corrected chi connectivity index (χ2v) is 8.25. The molecule has 1 aromatic carbocycles. The van der Waals surface area contributed by atoms with Crippen molar-refractivity contribution in [3.05, 3.63) is 38.0 Å². The quantitative estimate of drug-likeness (QED) is 0.205. The van der Waals surface area contributed by atoms with E-state index in [0.717, 1.165) is 11.3 Å². The lowest BCUT2D eigenvalue weighted by atomic mass is 10.0. The third-order valence-electron chi connectivity index (χ3n) is 4.93. The molecule has 12 nitrogen and oxygen atoms in total. The van der Waals surface area contributed by atoms with Crippen LogP contribution in [0.5, 0.6) is 11.5 Å². The number of benzene rings is 1. The van der Waals surface area contributed by atoms with Crippen LogP contribution in [0.15, 0.2) is 26.4 Å². The molecule has 0 bridgehead atoms. The van der Waals surface area contributed by atoms with Crippen LogP contribution < -0.4 is 36.4 Å². The molecule has 0 aliphatic rings. The Morgan fingerprint density at radius 3 is 2.65 bits per heavy atom. The van der Waals surface area contributed by atoms with E-state index in [0.29, 0.717) is 5.75 Å². The molecule has 34 heavy (non-hydrogen) atoms. The van der Waals surface area contributed by atoms with Crippen LogP contribution in [0.2, 0.25) is 5.02 Å². The first kappa shape index (κ1) is 22.9. The van der Waals surface area contributed by atoms with Crippen molar-refractivity contribution in [1.29, 1.82) is 5.26 Å². The van der Waals surface area contributed by atoms with Gasteiger partial charge in [-0.15, -0.1) is 11.3 Å². The van der Waals surface area contributed by atoms with Crippen molar-refractivity contribution in [1.82, 2.24) is 10.3 Å². The number of nitrogens with one attached hydrogen (secondary N) is 1. The Kier molecular flexibility index (Phi) is 5.78. The molecule has 0 radical (unpaired) electrons. The van der Waals surface area contributed by atoms with Crippen molar-refractivity contribution in [2.75, 3.05) is 25.7 Å². The molecule has 0 saturated carbocycles. The lowest BCUT2D eigenvalue weighted by molar-refractivity contribution is -0.730. The average Bonchev–Trinajstić information content (AvgIpc) is 3.31. The molecule has 0 unspecified atom stereocenters. The van der Waals surface area contributed by atoms with Crippen molar-refractivity contribution in [2.24, 2.45) is 12.0 Å². The minimum Gasteiger partial charge on any atom is -0.858 e. The Morgan fingerprint density at radius 1 is 1.35 bits per heavy atom. The zero-order valence-corrected chi connectivity index (χ0v) is 19.5. The van der Waals surface area contributed by atoms with Gasteiger partial charge in [-0.3, -0.25) is 9.52 Å². The summed E-state index contributed by atoms with van der Waals surface area (Å²) in [5, 5.41) is 25.6. The molecular formula is C20H16ClN7O5S. The Bertz CT molecular complexity index is 1580. The summed E-state index contributed by atoms with van der Waals surface area (Å²) in [5.41, 5.74) is 11.7. The molecule has 0 saturated heterocycles. The highest BCUT2D eigenvalue weighted by molar-refractivity contribution is 7.21. The van der Waals surface area contributed by atoms with E-state index < -0.39 is 11.5 Å². The standard InChI is InChI=1S/C20H16ClN7O5S/c1-28-15(20(30)33-27-28)12-7(6-22)17(24)26-19-13(12)14(23)16(34-19)18(29)25-9-4-8(21)10(31-2)5-11(9)32-3/h4-5H,1-3H3,(H5-,23,24,25,26,27,29,30). The summed E-state index contributed by atoms with van der Waals surface area (Å²) in [5.74, 6) is -0.251. The monoisotopic (exact) mass is 501 g/mol. The highest BCUT2D eigenvalue weighted by Gasteiger charge is 2.31. The number of fused-ring (bicyclic) bond motifs is 1. The predicted octanol–water partition coefficient (Wildman–Crippen LogP) is 1.21.